The van der Waals surface area contributed by atoms with E-state index in [-0.39, 0.29) is 18.0 Å². The van der Waals surface area contributed by atoms with Crippen molar-refractivity contribution in [1.82, 2.24) is 0 Å². The summed E-state index contributed by atoms with van der Waals surface area (Å²) in [6.07, 6.45) is 11.9. The summed E-state index contributed by atoms with van der Waals surface area (Å²) in [6.45, 7) is 5.68. The van der Waals surface area contributed by atoms with Crippen LogP contribution in [0.15, 0.2) is 72.4 Å². The van der Waals surface area contributed by atoms with Gasteiger partial charge in [-0.15, -0.1) is 0 Å². The third-order valence-corrected chi connectivity index (χ3v) is 4.01. The van der Waals surface area contributed by atoms with E-state index in [4.69, 9.17) is 4.42 Å². The van der Waals surface area contributed by atoms with Crippen molar-refractivity contribution in [3.05, 3.63) is 89.1 Å². The molecule has 4 heteroatoms. The molecule has 136 valence electrons. The molecule has 0 amide bonds. The number of allylic oxidation sites excluding steroid dienone is 8. The number of benzene rings is 1. The Balaban J connectivity index is 1.96. The molecule has 27 heavy (non-hydrogen) atoms. The summed E-state index contributed by atoms with van der Waals surface area (Å²) in [4.78, 5) is 34.9. The van der Waals surface area contributed by atoms with E-state index >= 15 is 0 Å². The molecule has 1 aromatic carbocycles. The number of hydrogen-bond donors (Lipinski definition) is 0. The van der Waals surface area contributed by atoms with Crippen LogP contribution in [-0.2, 0) is 14.0 Å². The van der Waals surface area contributed by atoms with E-state index in [2.05, 4.69) is 6.58 Å². The fourth-order valence-corrected chi connectivity index (χ4v) is 2.42. The van der Waals surface area contributed by atoms with E-state index in [1.807, 2.05) is 25.1 Å². The van der Waals surface area contributed by atoms with Gasteiger partial charge in [-0.25, -0.2) is 0 Å². The molecule has 4 nitrogen and oxygen atoms in total. The summed E-state index contributed by atoms with van der Waals surface area (Å²) in [5.41, 5.74) is 3.73. The van der Waals surface area contributed by atoms with Crippen molar-refractivity contribution in [3.63, 3.8) is 0 Å². The Morgan fingerprint density at radius 3 is 2.48 bits per heavy atom. The molecule has 0 bridgehead atoms. The van der Waals surface area contributed by atoms with E-state index in [0.717, 1.165) is 28.6 Å². The number of aldehydes is 1. The van der Waals surface area contributed by atoms with Crippen molar-refractivity contribution in [3.8, 4) is 0 Å². The highest BCUT2D eigenvalue weighted by Gasteiger charge is 2.14. The molecule has 0 saturated heterocycles. The average Bonchev–Trinajstić information content (AvgIpc) is 2.66. The van der Waals surface area contributed by atoms with Gasteiger partial charge in [-0.1, -0.05) is 36.9 Å². The minimum atomic E-state index is -0.302. The fraction of sp³-hybridized carbons (Fsp3) is 0.130. The lowest BCUT2D eigenvalue weighted by molar-refractivity contribution is -0.418. The highest BCUT2D eigenvalue weighted by molar-refractivity contribution is 6.10. The maximum absolute atomic E-state index is 12.0. The lowest BCUT2D eigenvalue weighted by Gasteiger charge is -2.00. The Morgan fingerprint density at radius 1 is 1.11 bits per heavy atom. The third-order valence-electron chi connectivity index (χ3n) is 4.01. The van der Waals surface area contributed by atoms with Gasteiger partial charge < -0.3 is 0 Å². The van der Waals surface area contributed by atoms with Gasteiger partial charge in [-0.3, -0.25) is 18.8 Å². The lowest BCUT2D eigenvalue weighted by Crippen LogP contribution is -2.04. The molecule has 1 aliphatic carbocycles. The molecule has 0 atom stereocenters. The topological polar surface area (TPSA) is 62.5 Å². The summed E-state index contributed by atoms with van der Waals surface area (Å²) in [5.74, 6) is 0.0415. The van der Waals surface area contributed by atoms with Crippen LogP contribution in [0.3, 0.4) is 0 Å². The minimum Gasteiger partial charge on any atom is -0.298 e. The average molecular weight is 361 g/mol. The summed E-state index contributed by atoms with van der Waals surface area (Å²) < 4.78 is 5.19. The largest absolute Gasteiger partial charge is 0.350 e. The molecule has 0 unspecified atom stereocenters. The van der Waals surface area contributed by atoms with Crippen molar-refractivity contribution >= 4 is 29.7 Å². The highest BCUT2D eigenvalue weighted by Crippen LogP contribution is 2.13. The molecular weight excluding hydrogens is 340 g/mol. The predicted molar refractivity (Wildman–Crippen MR) is 107 cm³/mol. The van der Waals surface area contributed by atoms with E-state index < -0.39 is 0 Å². The first-order chi connectivity index (χ1) is 12.9. The molecule has 0 heterocycles. The van der Waals surface area contributed by atoms with Crippen LogP contribution in [0.4, 0.5) is 0 Å². The van der Waals surface area contributed by atoms with Crippen molar-refractivity contribution in [2.75, 3.05) is 7.11 Å². The van der Waals surface area contributed by atoms with Gasteiger partial charge in [-0.05, 0) is 47.9 Å². The Kier molecular flexibility index (Phi) is 6.89. The van der Waals surface area contributed by atoms with E-state index in [1.54, 1.807) is 37.5 Å². The maximum Gasteiger partial charge on any atom is 0.350 e. The van der Waals surface area contributed by atoms with Crippen LogP contribution in [0.2, 0.25) is 0 Å². The summed E-state index contributed by atoms with van der Waals surface area (Å²) >= 11 is 0. The van der Waals surface area contributed by atoms with Crippen LogP contribution in [-0.4, -0.2) is 30.7 Å². The van der Waals surface area contributed by atoms with Gasteiger partial charge in [-0.2, -0.15) is 0 Å². The Labute approximate surface area is 158 Å². The number of rotatable bonds is 7. The van der Waals surface area contributed by atoms with Crippen LogP contribution in [0.25, 0.3) is 6.08 Å². The van der Waals surface area contributed by atoms with Crippen LogP contribution in [0.5, 0.6) is 0 Å². The molecule has 0 fully saturated rings. The zero-order valence-corrected chi connectivity index (χ0v) is 15.4. The van der Waals surface area contributed by atoms with Crippen molar-refractivity contribution < 1.29 is 18.8 Å². The van der Waals surface area contributed by atoms with Crippen LogP contribution in [0, 0.1) is 6.92 Å². The predicted octanol–water partition coefficient (Wildman–Crippen LogP) is 3.69. The summed E-state index contributed by atoms with van der Waals surface area (Å²) in [6, 6.07) is 5.33. The van der Waals surface area contributed by atoms with E-state index in [9.17, 15) is 14.4 Å². The normalized spacial score (nSPS) is 15.6. The van der Waals surface area contributed by atoms with E-state index in [1.165, 1.54) is 12.2 Å². The molecule has 0 radical (unpaired) electrons. The van der Waals surface area contributed by atoms with Gasteiger partial charge in [0, 0.05) is 11.6 Å². The lowest BCUT2D eigenvalue weighted by atomic mass is 10.0. The quantitative estimate of drug-likeness (QED) is 0.322. The zero-order chi connectivity index (χ0) is 19.8. The molecule has 0 spiro atoms. The zero-order valence-electron chi connectivity index (χ0n) is 15.4. The van der Waals surface area contributed by atoms with Gasteiger partial charge in [0.15, 0.2) is 11.6 Å². The SMILES string of the molecule is C=C1C=CC(/C=C/C(=O)CC(=O)/C=C/c2ccc(C)c(C=O)c2)=CC1=[O+]C. The Bertz CT molecular complexity index is 937. The first kappa shape index (κ1) is 19.9. The second-order valence-corrected chi connectivity index (χ2v) is 6.08. The molecule has 0 aromatic heterocycles. The molecule has 0 aliphatic heterocycles. The molecule has 2 rings (SSSR count). The number of hydrogen-bond acceptors (Lipinski definition) is 3. The number of carbonyl (C=O) groups excluding carboxylic acids is 4. The second kappa shape index (κ2) is 9.34. The van der Waals surface area contributed by atoms with Gasteiger partial charge in [0.25, 0.3) is 7.11 Å². The smallest absolute Gasteiger partial charge is 0.298 e. The van der Waals surface area contributed by atoms with Gasteiger partial charge in [0.2, 0.25) is 0 Å². The maximum atomic E-state index is 12.0. The van der Waals surface area contributed by atoms with Crippen molar-refractivity contribution in [2.24, 2.45) is 0 Å². The first-order valence-corrected chi connectivity index (χ1v) is 8.40. The monoisotopic (exact) mass is 361 g/mol. The van der Waals surface area contributed by atoms with Gasteiger partial charge in [0.1, 0.15) is 6.29 Å². The van der Waals surface area contributed by atoms with Gasteiger partial charge >= 0.3 is 5.78 Å². The minimum absolute atomic E-state index is 0.218. The van der Waals surface area contributed by atoms with Gasteiger partial charge in [0.05, 0.1) is 12.0 Å². The molecular formula is C23H21O4+. The Hall–Kier alpha value is -3.40. The third kappa shape index (κ3) is 5.82. The highest BCUT2D eigenvalue weighted by atomic mass is 16.4. The number of ketones is 3. The van der Waals surface area contributed by atoms with Crippen LogP contribution < -0.4 is 0 Å². The first-order valence-electron chi connectivity index (χ1n) is 8.40. The number of aryl methyl sites for hydroxylation is 1. The summed E-state index contributed by atoms with van der Waals surface area (Å²) in [5, 5.41) is 0. The Morgan fingerprint density at radius 2 is 1.81 bits per heavy atom. The standard InChI is InChI=1S/C23H21O4/c1-16-4-6-18(12-20(16)15-24)8-10-21(25)14-22(26)11-9-19-7-5-17(2)23(13-19)27-3/h4-13,15H,2,14H2,1,3H3/q+1/b10-8+,11-9+. The van der Waals surface area contributed by atoms with Crippen LogP contribution in [0.1, 0.15) is 27.9 Å². The van der Waals surface area contributed by atoms with Crippen molar-refractivity contribution in [2.45, 2.75) is 13.3 Å². The molecule has 1 aliphatic rings. The molecule has 1 aromatic rings. The fourth-order valence-electron chi connectivity index (χ4n) is 2.42. The molecule has 0 saturated carbocycles. The van der Waals surface area contributed by atoms with E-state index in [0.29, 0.717) is 11.3 Å². The van der Waals surface area contributed by atoms with Crippen molar-refractivity contribution in [1.29, 1.82) is 0 Å². The second-order valence-electron chi connectivity index (χ2n) is 6.08. The van der Waals surface area contributed by atoms with Crippen LogP contribution >= 0.6 is 0 Å². The number of carbonyl (C=O) groups is 3. The summed E-state index contributed by atoms with van der Waals surface area (Å²) in [7, 11) is 1.56. The molecule has 0 N–H and O–H groups in total.